The van der Waals surface area contributed by atoms with Crippen LogP contribution in [0.1, 0.15) is 44.6 Å². The molecule has 0 atom stereocenters. The Morgan fingerprint density at radius 2 is 2.00 bits per heavy atom. The zero-order chi connectivity index (χ0) is 13.1. The summed E-state index contributed by atoms with van der Waals surface area (Å²) < 4.78 is 2.30. The number of rotatable bonds is 6. The van der Waals surface area contributed by atoms with Crippen LogP contribution in [0.4, 0.5) is 0 Å². The zero-order valence-corrected chi connectivity index (χ0v) is 12.1. The first-order valence-electron chi connectivity index (χ1n) is 7.97. The van der Waals surface area contributed by atoms with Gasteiger partial charge in [-0.25, -0.2) is 0 Å². The van der Waals surface area contributed by atoms with E-state index >= 15 is 0 Å². The van der Waals surface area contributed by atoms with Gasteiger partial charge in [0, 0.05) is 37.6 Å². The predicted octanol–water partition coefficient (Wildman–Crippen LogP) is 2.61. The third-order valence-electron chi connectivity index (χ3n) is 4.48. The van der Waals surface area contributed by atoms with Gasteiger partial charge >= 0.3 is 0 Å². The van der Waals surface area contributed by atoms with E-state index < -0.39 is 0 Å². The molecule has 0 spiro atoms. The van der Waals surface area contributed by atoms with Crippen LogP contribution in [0.15, 0.2) is 18.5 Å². The Morgan fingerprint density at radius 3 is 2.68 bits per heavy atom. The Kier molecular flexibility index (Phi) is 4.24. The maximum atomic E-state index is 3.73. The van der Waals surface area contributed by atoms with Gasteiger partial charge in [-0.05, 0) is 56.8 Å². The fraction of sp³-hybridized carbons (Fsp3) is 0.750. The molecule has 0 radical (unpaired) electrons. The Morgan fingerprint density at radius 1 is 1.21 bits per heavy atom. The van der Waals surface area contributed by atoms with Crippen LogP contribution < -0.4 is 5.32 Å². The van der Waals surface area contributed by atoms with Gasteiger partial charge in [0.05, 0.1) is 0 Å². The van der Waals surface area contributed by atoms with Crippen LogP contribution in [-0.2, 0) is 13.1 Å². The summed E-state index contributed by atoms with van der Waals surface area (Å²) >= 11 is 0. The molecule has 1 aliphatic heterocycles. The molecule has 1 aromatic heterocycles. The van der Waals surface area contributed by atoms with E-state index in [4.69, 9.17) is 0 Å². The third-order valence-corrected chi connectivity index (χ3v) is 4.48. The van der Waals surface area contributed by atoms with Gasteiger partial charge in [-0.2, -0.15) is 0 Å². The zero-order valence-electron chi connectivity index (χ0n) is 12.1. The fourth-order valence-corrected chi connectivity index (χ4v) is 3.16. The molecule has 1 aliphatic carbocycles. The molecular weight excluding hydrogens is 234 g/mol. The molecule has 0 bridgehead atoms. The normalized spacial score (nSPS) is 21.9. The third kappa shape index (κ3) is 3.61. The summed E-state index contributed by atoms with van der Waals surface area (Å²) in [7, 11) is 0. The molecule has 0 unspecified atom stereocenters. The Hall–Kier alpha value is -0.800. The standard InChI is InChI=1S/C16H27N3/c1-2-8-18-9-5-14(13-18)12-17-15-6-10-19(11-7-15)16-3-4-16/h5,9,13,15-17H,2-4,6-8,10-12H2,1H3. The molecule has 1 N–H and O–H groups in total. The van der Waals surface area contributed by atoms with E-state index in [-0.39, 0.29) is 0 Å². The van der Waals surface area contributed by atoms with Gasteiger partial charge in [-0.15, -0.1) is 0 Å². The number of nitrogens with one attached hydrogen (secondary N) is 1. The molecule has 106 valence electrons. The molecule has 0 aromatic carbocycles. The number of aromatic nitrogens is 1. The van der Waals surface area contributed by atoms with Crippen molar-refractivity contribution in [2.45, 2.75) is 64.2 Å². The summed E-state index contributed by atoms with van der Waals surface area (Å²) in [6, 6.07) is 3.93. The minimum Gasteiger partial charge on any atom is -0.354 e. The van der Waals surface area contributed by atoms with Gasteiger partial charge in [0.25, 0.3) is 0 Å². The van der Waals surface area contributed by atoms with Crippen LogP contribution >= 0.6 is 0 Å². The lowest BCUT2D eigenvalue weighted by Gasteiger charge is -2.32. The number of likely N-dealkylation sites (tertiary alicyclic amines) is 1. The maximum Gasteiger partial charge on any atom is 0.0223 e. The van der Waals surface area contributed by atoms with Crippen molar-refractivity contribution >= 4 is 0 Å². The second kappa shape index (κ2) is 6.10. The van der Waals surface area contributed by atoms with Gasteiger partial charge in [0.1, 0.15) is 0 Å². The van der Waals surface area contributed by atoms with Crippen molar-refractivity contribution in [3.63, 3.8) is 0 Å². The summed E-state index contributed by atoms with van der Waals surface area (Å²) in [6.45, 7) is 7.01. The van der Waals surface area contributed by atoms with Gasteiger partial charge in [-0.1, -0.05) is 6.92 Å². The molecule has 3 nitrogen and oxygen atoms in total. The molecule has 1 aromatic rings. The highest BCUT2D eigenvalue weighted by molar-refractivity contribution is 5.10. The van der Waals surface area contributed by atoms with Gasteiger partial charge in [0.2, 0.25) is 0 Å². The number of hydrogen-bond acceptors (Lipinski definition) is 2. The lowest BCUT2D eigenvalue weighted by atomic mass is 10.0. The first kappa shape index (κ1) is 13.2. The fourth-order valence-electron chi connectivity index (χ4n) is 3.16. The predicted molar refractivity (Wildman–Crippen MR) is 79.2 cm³/mol. The van der Waals surface area contributed by atoms with Gasteiger partial charge in [-0.3, -0.25) is 0 Å². The minimum absolute atomic E-state index is 0.726. The number of piperidine rings is 1. The molecule has 3 heteroatoms. The first-order chi connectivity index (χ1) is 9.35. The molecule has 1 saturated carbocycles. The summed E-state index contributed by atoms with van der Waals surface area (Å²) in [5.41, 5.74) is 1.43. The number of aryl methyl sites for hydroxylation is 1. The van der Waals surface area contributed by atoms with E-state index in [2.05, 4.69) is 40.2 Å². The van der Waals surface area contributed by atoms with Crippen molar-refractivity contribution in [2.24, 2.45) is 0 Å². The number of hydrogen-bond donors (Lipinski definition) is 1. The SMILES string of the molecule is CCCn1ccc(CNC2CCN(C3CC3)CC2)c1. The molecule has 2 fully saturated rings. The van der Waals surface area contributed by atoms with Crippen molar-refractivity contribution in [3.8, 4) is 0 Å². The van der Waals surface area contributed by atoms with Crippen molar-refractivity contribution in [2.75, 3.05) is 13.1 Å². The smallest absolute Gasteiger partial charge is 0.0223 e. The highest BCUT2D eigenvalue weighted by Gasteiger charge is 2.31. The Bertz CT molecular complexity index is 386. The van der Waals surface area contributed by atoms with E-state index in [1.807, 2.05) is 0 Å². The van der Waals surface area contributed by atoms with Crippen LogP contribution in [0.2, 0.25) is 0 Å². The van der Waals surface area contributed by atoms with E-state index in [1.165, 1.54) is 50.8 Å². The van der Waals surface area contributed by atoms with Crippen LogP contribution in [0.25, 0.3) is 0 Å². The summed E-state index contributed by atoms with van der Waals surface area (Å²) in [5, 5.41) is 3.73. The highest BCUT2D eigenvalue weighted by Crippen LogP contribution is 2.29. The molecule has 2 aliphatic rings. The average molecular weight is 261 g/mol. The molecule has 1 saturated heterocycles. The topological polar surface area (TPSA) is 20.2 Å². The van der Waals surface area contributed by atoms with Crippen molar-refractivity contribution in [1.29, 1.82) is 0 Å². The molecular formula is C16H27N3. The second-order valence-electron chi connectivity index (χ2n) is 6.18. The highest BCUT2D eigenvalue weighted by atomic mass is 15.2. The van der Waals surface area contributed by atoms with E-state index in [0.29, 0.717) is 0 Å². The first-order valence-corrected chi connectivity index (χ1v) is 7.97. The van der Waals surface area contributed by atoms with E-state index in [1.54, 1.807) is 0 Å². The van der Waals surface area contributed by atoms with Crippen molar-refractivity contribution in [1.82, 2.24) is 14.8 Å². The monoisotopic (exact) mass is 261 g/mol. The van der Waals surface area contributed by atoms with E-state index in [9.17, 15) is 0 Å². The van der Waals surface area contributed by atoms with Crippen LogP contribution in [0.3, 0.4) is 0 Å². The van der Waals surface area contributed by atoms with Crippen LogP contribution in [-0.4, -0.2) is 34.6 Å². The summed E-state index contributed by atoms with van der Waals surface area (Å²) in [4.78, 5) is 2.69. The van der Waals surface area contributed by atoms with Crippen molar-refractivity contribution < 1.29 is 0 Å². The molecule has 0 amide bonds. The lowest BCUT2D eigenvalue weighted by Crippen LogP contribution is -2.43. The Balaban J connectivity index is 1.39. The minimum atomic E-state index is 0.726. The molecule has 19 heavy (non-hydrogen) atoms. The van der Waals surface area contributed by atoms with Crippen molar-refractivity contribution in [3.05, 3.63) is 24.0 Å². The largest absolute Gasteiger partial charge is 0.354 e. The van der Waals surface area contributed by atoms with Gasteiger partial charge in [0.15, 0.2) is 0 Å². The van der Waals surface area contributed by atoms with Crippen LogP contribution in [0.5, 0.6) is 0 Å². The quantitative estimate of drug-likeness (QED) is 0.849. The summed E-state index contributed by atoms with van der Waals surface area (Å²) in [6.07, 6.45) is 11.2. The Labute approximate surface area is 117 Å². The molecule has 3 rings (SSSR count). The van der Waals surface area contributed by atoms with Crippen LogP contribution in [0, 0.1) is 0 Å². The van der Waals surface area contributed by atoms with E-state index in [0.717, 1.165) is 25.2 Å². The second-order valence-corrected chi connectivity index (χ2v) is 6.18. The number of nitrogens with zero attached hydrogens (tertiary/aromatic N) is 2. The molecule has 2 heterocycles. The summed E-state index contributed by atoms with van der Waals surface area (Å²) in [5.74, 6) is 0. The average Bonchev–Trinajstić information content (AvgIpc) is 3.19. The maximum absolute atomic E-state index is 3.73. The van der Waals surface area contributed by atoms with Gasteiger partial charge < -0.3 is 14.8 Å². The lowest BCUT2D eigenvalue weighted by molar-refractivity contribution is 0.189.